The van der Waals surface area contributed by atoms with Gasteiger partial charge in [-0.15, -0.1) is 0 Å². The van der Waals surface area contributed by atoms with E-state index in [4.69, 9.17) is 16.3 Å². The Balaban J connectivity index is 1.88. The molecule has 0 fully saturated rings. The molecule has 0 heterocycles. The standard InChI is InChI=1S/C19H22ClN3O3/c1-3-23(12-18(24)21-15-10-8-14(20)9-11-15)13-19(25)22-16-6-4-5-7-17(16)26-2/h4-11H,3,12-13H2,1-2H3,(H,21,24)(H,22,25). The van der Waals surface area contributed by atoms with Crippen LogP contribution < -0.4 is 15.4 Å². The summed E-state index contributed by atoms with van der Waals surface area (Å²) >= 11 is 5.83. The van der Waals surface area contributed by atoms with E-state index in [1.165, 1.54) is 0 Å². The van der Waals surface area contributed by atoms with Crippen molar-refractivity contribution in [2.45, 2.75) is 6.92 Å². The van der Waals surface area contributed by atoms with E-state index in [2.05, 4.69) is 10.6 Å². The first-order valence-corrected chi connectivity index (χ1v) is 8.60. The second-order valence-corrected chi connectivity index (χ2v) is 6.04. The maximum Gasteiger partial charge on any atom is 0.238 e. The molecule has 7 heteroatoms. The van der Waals surface area contributed by atoms with Gasteiger partial charge in [0.2, 0.25) is 11.8 Å². The zero-order valence-corrected chi connectivity index (χ0v) is 15.5. The van der Waals surface area contributed by atoms with Gasteiger partial charge in [-0.1, -0.05) is 30.7 Å². The quantitative estimate of drug-likeness (QED) is 0.743. The van der Waals surface area contributed by atoms with Crippen LogP contribution in [0.3, 0.4) is 0 Å². The molecule has 2 rings (SSSR count). The molecule has 2 N–H and O–H groups in total. The van der Waals surface area contributed by atoms with Gasteiger partial charge in [-0.25, -0.2) is 0 Å². The number of ether oxygens (including phenoxy) is 1. The average Bonchev–Trinajstić information content (AvgIpc) is 2.63. The van der Waals surface area contributed by atoms with Gasteiger partial charge < -0.3 is 15.4 Å². The Morgan fingerprint density at radius 1 is 1.00 bits per heavy atom. The van der Waals surface area contributed by atoms with Crippen LogP contribution in [0.15, 0.2) is 48.5 Å². The van der Waals surface area contributed by atoms with Crippen molar-refractivity contribution >= 4 is 34.8 Å². The smallest absolute Gasteiger partial charge is 0.238 e. The molecule has 0 aromatic heterocycles. The van der Waals surface area contributed by atoms with E-state index < -0.39 is 0 Å². The number of likely N-dealkylation sites (N-methyl/N-ethyl adjacent to an activating group) is 1. The number of nitrogens with zero attached hydrogens (tertiary/aromatic N) is 1. The molecule has 0 spiro atoms. The predicted octanol–water partition coefficient (Wildman–Crippen LogP) is 3.25. The van der Waals surface area contributed by atoms with E-state index in [1.807, 2.05) is 19.1 Å². The molecular formula is C19H22ClN3O3. The minimum atomic E-state index is -0.212. The number of rotatable bonds is 8. The number of hydrogen-bond donors (Lipinski definition) is 2. The first-order valence-electron chi connectivity index (χ1n) is 8.22. The summed E-state index contributed by atoms with van der Waals surface area (Å²) in [6, 6.07) is 14.0. The van der Waals surface area contributed by atoms with Crippen LogP contribution in [0, 0.1) is 0 Å². The molecule has 0 unspecified atom stereocenters. The Morgan fingerprint density at radius 3 is 2.23 bits per heavy atom. The van der Waals surface area contributed by atoms with Crippen LogP contribution in [0.4, 0.5) is 11.4 Å². The summed E-state index contributed by atoms with van der Waals surface area (Å²) in [6.07, 6.45) is 0. The SMILES string of the molecule is CCN(CC(=O)Nc1ccc(Cl)cc1)CC(=O)Nc1ccccc1OC. The molecule has 26 heavy (non-hydrogen) atoms. The Bertz CT molecular complexity index is 750. The summed E-state index contributed by atoms with van der Waals surface area (Å²) in [6.45, 7) is 2.67. The Labute approximate surface area is 158 Å². The van der Waals surface area contributed by atoms with Gasteiger partial charge in [0.05, 0.1) is 25.9 Å². The summed E-state index contributed by atoms with van der Waals surface area (Å²) in [5.41, 5.74) is 1.26. The van der Waals surface area contributed by atoms with Crippen LogP contribution in [0.2, 0.25) is 5.02 Å². The molecule has 0 radical (unpaired) electrons. The lowest BCUT2D eigenvalue weighted by Crippen LogP contribution is -2.38. The first-order chi connectivity index (χ1) is 12.5. The first kappa shape index (κ1) is 19.8. The lowest BCUT2D eigenvalue weighted by atomic mass is 10.3. The van der Waals surface area contributed by atoms with Crippen LogP contribution in [0.5, 0.6) is 5.75 Å². The van der Waals surface area contributed by atoms with E-state index in [-0.39, 0.29) is 24.9 Å². The maximum absolute atomic E-state index is 12.3. The zero-order chi connectivity index (χ0) is 18.9. The van der Waals surface area contributed by atoms with Crippen molar-refractivity contribution in [3.05, 3.63) is 53.6 Å². The highest BCUT2D eigenvalue weighted by molar-refractivity contribution is 6.30. The van der Waals surface area contributed by atoms with Gasteiger partial charge >= 0.3 is 0 Å². The molecule has 0 bridgehead atoms. The summed E-state index contributed by atoms with van der Waals surface area (Å²) in [7, 11) is 1.55. The number of carbonyl (C=O) groups is 2. The molecule has 138 valence electrons. The molecule has 0 aliphatic rings. The number of halogens is 1. The second-order valence-electron chi connectivity index (χ2n) is 5.61. The van der Waals surface area contributed by atoms with Gasteiger partial charge in [-0.2, -0.15) is 0 Å². The van der Waals surface area contributed by atoms with Crippen molar-refractivity contribution in [2.24, 2.45) is 0 Å². The topological polar surface area (TPSA) is 70.7 Å². The van der Waals surface area contributed by atoms with Gasteiger partial charge in [0.15, 0.2) is 0 Å². The van der Waals surface area contributed by atoms with Gasteiger partial charge in [-0.3, -0.25) is 14.5 Å². The molecule has 2 aromatic rings. The van der Waals surface area contributed by atoms with Crippen LogP contribution in [-0.2, 0) is 9.59 Å². The van der Waals surface area contributed by atoms with Crippen LogP contribution in [-0.4, -0.2) is 43.5 Å². The molecule has 0 saturated heterocycles. The zero-order valence-electron chi connectivity index (χ0n) is 14.8. The number of benzene rings is 2. The largest absolute Gasteiger partial charge is 0.495 e. The third kappa shape index (κ3) is 6.06. The van der Waals surface area contributed by atoms with Crippen molar-refractivity contribution in [3.8, 4) is 5.75 Å². The number of nitrogens with one attached hydrogen (secondary N) is 2. The average molecular weight is 376 g/mol. The highest BCUT2D eigenvalue weighted by Gasteiger charge is 2.14. The molecule has 0 saturated carbocycles. The van der Waals surface area contributed by atoms with Crippen molar-refractivity contribution in [3.63, 3.8) is 0 Å². The monoisotopic (exact) mass is 375 g/mol. The molecule has 0 aliphatic carbocycles. The number of carbonyl (C=O) groups excluding carboxylic acids is 2. The summed E-state index contributed by atoms with van der Waals surface area (Å²) < 4.78 is 5.22. The van der Waals surface area contributed by atoms with E-state index in [0.717, 1.165) is 0 Å². The highest BCUT2D eigenvalue weighted by atomic mass is 35.5. The van der Waals surface area contributed by atoms with E-state index >= 15 is 0 Å². The predicted molar refractivity (Wildman–Crippen MR) is 104 cm³/mol. The van der Waals surface area contributed by atoms with Gasteiger partial charge in [-0.05, 0) is 42.9 Å². The summed E-state index contributed by atoms with van der Waals surface area (Å²) in [4.78, 5) is 26.2. The lowest BCUT2D eigenvalue weighted by molar-refractivity contribution is -0.119. The molecule has 2 aromatic carbocycles. The molecule has 0 aliphatic heterocycles. The maximum atomic E-state index is 12.3. The Morgan fingerprint density at radius 2 is 1.62 bits per heavy atom. The van der Waals surface area contributed by atoms with Gasteiger partial charge in [0.1, 0.15) is 5.75 Å². The van der Waals surface area contributed by atoms with Crippen LogP contribution in [0.25, 0.3) is 0 Å². The third-order valence-electron chi connectivity index (χ3n) is 3.69. The summed E-state index contributed by atoms with van der Waals surface area (Å²) in [5.74, 6) is 0.180. The van der Waals surface area contributed by atoms with Crippen molar-refractivity contribution in [1.82, 2.24) is 4.90 Å². The lowest BCUT2D eigenvalue weighted by Gasteiger charge is -2.19. The Hall–Kier alpha value is -2.57. The Kier molecular flexibility index (Phi) is 7.44. The number of hydrogen-bond acceptors (Lipinski definition) is 4. The molecular weight excluding hydrogens is 354 g/mol. The number of methoxy groups -OCH3 is 1. The van der Waals surface area contributed by atoms with Crippen LogP contribution in [0.1, 0.15) is 6.92 Å². The molecule has 2 amide bonds. The number of anilines is 2. The van der Waals surface area contributed by atoms with E-state index in [9.17, 15) is 9.59 Å². The van der Waals surface area contributed by atoms with Crippen molar-refractivity contribution < 1.29 is 14.3 Å². The fourth-order valence-electron chi connectivity index (χ4n) is 2.36. The fraction of sp³-hybridized carbons (Fsp3) is 0.263. The molecule has 0 atom stereocenters. The normalized spacial score (nSPS) is 10.5. The van der Waals surface area contributed by atoms with Gasteiger partial charge in [0, 0.05) is 10.7 Å². The van der Waals surface area contributed by atoms with Crippen molar-refractivity contribution in [1.29, 1.82) is 0 Å². The minimum absolute atomic E-state index is 0.0998. The number of para-hydroxylation sites is 2. The fourth-order valence-corrected chi connectivity index (χ4v) is 2.48. The number of amides is 2. The van der Waals surface area contributed by atoms with E-state index in [1.54, 1.807) is 48.4 Å². The van der Waals surface area contributed by atoms with E-state index in [0.29, 0.717) is 28.7 Å². The van der Waals surface area contributed by atoms with Crippen molar-refractivity contribution in [2.75, 3.05) is 37.4 Å². The van der Waals surface area contributed by atoms with Gasteiger partial charge in [0.25, 0.3) is 0 Å². The van der Waals surface area contributed by atoms with Crippen LogP contribution >= 0.6 is 11.6 Å². The summed E-state index contributed by atoms with van der Waals surface area (Å²) in [5, 5.41) is 6.19. The third-order valence-corrected chi connectivity index (χ3v) is 3.94. The minimum Gasteiger partial charge on any atom is -0.495 e. The molecule has 6 nitrogen and oxygen atoms in total. The second kappa shape index (κ2) is 9.79. The highest BCUT2D eigenvalue weighted by Crippen LogP contribution is 2.22.